The van der Waals surface area contributed by atoms with Crippen molar-refractivity contribution in [1.82, 2.24) is 14.9 Å². The Morgan fingerprint density at radius 1 is 1.38 bits per heavy atom. The Morgan fingerprint density at radius 3 is 2.71 bits per heavy atom. The minimum absolute atomic E-state index is 0.00107. The maximum absolute atomic E-state index is 13.6. The van der Waals surface area contributed by atoms with Crippen LogP contribution in [-0.2, 0) is 11.3 Å². The van der Waals surface area contributed by atoms with Crippen LogP contribution in [0.1, 0.15) is 13.8 Å². The van der Waals surface area contributed by atoms with Gasteiger partial charge in [-0.15, -0.1) is 0 Å². The summed E-state index contributed by atoms with van der Waals surface area (Å²) in [7, 11) is 0. The smallest absolute Gasteiger partial charge is 0.254 e. The van der Waals surface area contributed by atoms with Gasteiger partial charge in [-0.25, -0.2) is 9.37 Å². The van der Waals surface area contributed by atoms with Crippen molar-refractivity contribution in [2.45, 2.75) is 26.4 Å². The van der Waals surface area contributed by atoms with E-state index in [0.29, 0.717) is 0 Å². The van der Waals surface area contributed by atoms with Gasteiger partial charge in [-0.2, -0.15) is 0 Å². The first-order valence-corrected chi connectivity index (χ1v) is 6.58. The lowest BCUT2D eigenvalue weighted by Crippen LogP contribution is -2.36. The van der Waals surface area contributed by atoms with Gasteiger partial charge in [0.15, 0.2) is 0 Å². The Hall–Kier alpha value is -2.50. The summed E-state index contributed by atoms with van der Waals surface area (Å²) >= 11 is 0. The molecule has 0 aliphatic carbocycles. The van der Waals surface area contributed by atoms with Crippen LogP contribution < -0.4 is 10.9 Å². The second kappa shape index (κ2) is 6.30. The SMILES string of the molecule is CC(C)NC(=O)Cn1cnc(-c2ccccc2F)cc1=O. The molecule has 0 unspecified atom stereocenters. The summed E-state index contributed by atoms with van der Waals surface area (Å²) in [5.41, 5.74) is 0.106. The van der Waals surface area contributed by atoms with E-state index in [-0.39, 0.29) is 29.8 Å². The van der Waals surface area contributed by atoms with Crippen molar-refractivity contribution < 1.29 is 9.18 Å². The van der Waals surface area contributed by atoms with Crippen molar-refractivity contribution in [2.24, 2.45) is 0 Å². The molecule has 6 heteroatoms. The zero-order valence-corrected chi connectivity index (χ0v) is 11.8. The Kier molecular flexibility index (Phi) is 4.47. The Morgan fingerprint density at radius 2 is 2.10 bits per heavy atom. The number of aromatic nitrogens is 2. The van der Waals surface area contributed by atoms with Gasteiger partial charge in [-0.05, 0) is 26.0 Å². The molecule has 1 amide bonds. The minimum Gasteiger partial charge on any atom is -0.352 e. The molecular formula is C15H16FN3O2. The molecule has 1 aromatic carbocycles. The van der Waals surface area contributed by atoms with Crippen LogP contribution in [0.3, 0.4) is 0 Å². The van der Waals surface area contributed by atoms with Crippen LogP contribution in [0.4, 0.5) is 4.39 Å². The maximum Gasteiger partial charge on any atom is 0.254 e. The number of carbonyl (C=O) groups is 1. The van der Waals surface area contributed by atoms with Gasteiger partial charge in [0.25, 0.3) is 5.56 Å². The number of benzene rings is 1. The summed E-state index contributed by atoms with van der Waals surface area (Å²) in [6.07, 6.45) is 1.25. The highest BCUT2D eigenvalue weighted by atomic mass is 19.1. The van der Waals surface area contributed by atoms with Gasteiger partial charge in [0.2, 0.25) is 5.91 Å². The van der Waals surface area contributed by atoms with Crippen LogP contribution in [0.2, 0.25) is 0 Å². The van der Waals surface area contributed by atoms with Gasteiger partial charge in [-0.1, -0.05) is 12.1 Å². The van der Waals surface area contributed by atoms with Gasteiger partial charge < -0.3 is 5.32 Å². The van der Waals surface area contributed by atoms with Crippen LogP contribution in [0.25, 0.3) is 11.3 Å². The Balaban J connectivity index is 2.24. The van der Waals surface area contributed by atoms with E-state index in [1.165, 1.54) is 23.0 Å². The Labute approximate surface area is 121 Å². The van der Waals surface area contributed by atoms with E-state index in [1.807, 2.05) is 13.8 Å². The molecule has 2 aromatic rings. The first kappa shape index (κ1) is 14.9. The van der Waals surface area contributed by atoms with Crippen molar-refractivity contribution in [2.75, 3.05) is 0 Å². The third-order valence-corrected chi connectivity index (χ3v) is 2.79. The van der Waals surface area contributed by atoms with Gasteiger partial charge in [0.1, 0.15) is 12.4 Å². The molecule has 0 saturated carbocycles. The fourth-order valence-corrected chi connectivity index (χ4v) is 1.88. The zero-order chi connectivity index (χ0) is 15.4. The molecule has 1 heterocycles. The average Bonchev–Trinajstić information content (AvgIpc) is 2.41. The van der Waals surface area contributed by atoms with E-state index in [9.17, 15) is 14.0 Å². The van der Waals surface area contributed by atoms with E-state index in [0.717, 1.165) is 0 Å². The summed E-state index contributed by atoms with van der Waals surface area (Å²) in [6, 6.07) is 7.31. The third kappa shape index (κ3) is 3.75. The predicted molar refractivity (Wildman–Crippen MR) is 77.2 cm³/mol. The lowest BCUT2D eigenvalue weighted by atomic mass is 10.1. The second-order valence-corrected chi connectivity index (χ2v) is 4.94. The fraction of sp³-hybridized carbons (Fsp3) is 0.267. The van der Waals surface area contributed by atoms with Crippen LogP contribution in [0, 0.1) is 5.82 Å². The highest BCUT2D eigenvalue weighted by molar-refractivity contribution is 5.76. The molecule has 1 aromatic heterocycles. The number of nitrogens with zero attached hydrogens (tertiary/aromatic N) is 2. The lowest BCUT2D eigenvalue weighted by Gasteiger charge is -2.10. The molecular weight excluding hydrogens is 273 g/mol. The normalized spacial score (nSPS) is 10.7. The summed E-state index contributed by atoms with van der Waals surface area (Å²) in [4.78, 5) is 27.6. The summed E-state index contributed by atoms with van der Waals surface area (Å²) in [5, 5.41) is 2.69. The molecule has 1 N–H and O–H groups in total. The molecule has 21 heavy (non-hydrogen) atoms. The monoisotopic (exact) mass is 289 g/mol. The van der Waals surface area contributed by atoms with Crippen molar-refractivity contribution in [1.29, 1.82) is 0 Å². The van der Waals surface area contributed by atoms with Crippen LogP contribution >= 0.6 is 0 Å². The summed E-state index contributed by atoms with van der Waals surface area (Å²) < 4.78 is 14.8. The highest BCUT2D eigenvalue weighted by Crippen LogP contribution is 2.18. The number of rotatable bonds is 4. The topological polar surface area (TPSA) is 64.0 Å². The molecule has 0 radical (unpaired) electrons. The van der Waals surface area contributed by atoms with Gasteiger partial charge in [-0.3, -0.25) is 14.2 Å². The first-order valence-electron chi connectivity index (χ1n) is 6.58. The molecule has 0 fully saturated rings. The van der Waals surface area contributed by atoms with Crippen molar-refractivity contribution >= 4 is 5.91 Å². The van der Waals surface area contributed by atoms with Gasteiger partial charge >= 0.3 is 0 Å². The van der Waals surface area contributed by atoms with Crippen molar-refractivity contribution in [3.8, 4) is 11.3 Å². The molecule has 5 nitrogen and oxygen atoms in total. The third-order valence-electron chi connectivity index (χ3n) is 2.79. The molecule has 110 valence electrons. The Bertz CT molecular complexity index is 710. The number of nitrogens with one attached hydrogen (secondary N) is 1. The number of hydrogen-bond acceptors (Lipinski definition) is 3. The molecule has 0 bridgehead atoms. The van der Waals surface area contributed by atoms with E-state index in [4.69, 9.17) is 0 Å². The average molecular weight is 289 g/mol. The first-order chi connectivity index (χ1) is 9.97. The molecule has 0 atom stereocenters. The number of hydrogen-bond donors (Lipinski definition) is 1. The zero-order valence-electron chi connectivity index (χ0n) is 11.8. The van der Waals surface area contributed by atoms with Crippen molar-refractivity contribution in [3.63, 3.8) is 0 Å². The second-order valence-electron chi connectivity index (χ2n) is 4.94. The summed E-state index contributed by atoms with van der Waals surface area (Å²) in [5.74, 6) is -0.716. The largest absolute Gasteiger partial charge is 0.352 e. The van der Waals surface area contributed by atoms with E-state index in [2.05, 4.69) is 10.3 Å². The molecule has 0 saturated heterocycles. The van der Waals surface area contributed by atoms with Crippen molar-refractivity contribution in [3.05, 3.63) is 52.8 Å². The van der Waals surface area contributed by atoms with E-state index < -0.39 is 11.4 Å². The van der Waals surface area contributed by atoms with Crippen LogP contribution in [-0.4, -0.2) is 21.5 Å². The predicted octanol–water partition coefficient (Wildman–Crippen LogP) is 1.57. The number of halogens is 1. The van der Waals surface area contributed by atoms with E-state index in [1.54, 1.807) is 18.2 Å². The van der Waals surface area contributed by atoms with Crippen LogP contribution in [0.5, 0.6) is 0 Å². The minimum atomic E-state index is -0.445. The quantitative estimate of drug-likeness (QED) is 0.929. The highest BCUT2D eigenvalue weighted by Gasteiger charge is 2.10. The van der Waals surface area contributed by atoms with Crippen LogP contribution in [0.15, 0.2) is 41.5 Å². The standard InChI is InChI=1S/C15H16FN3O2/c1-10(2)18-14(20)8-19-9-17-13(7-15(19)21)11-5-3-4-6-12(11)16/h3-7,9-10H,8H2,1-2H3,(H,18,20). The van der Waals surface area contributed by atoms with E-state index >= 15 is 0 Å². The lowest BCUT2D eigenvalue weighted by molar-refractivity contribution is -0.122. The molecule has 0 spiro atoms. The molecule has 0 aliphatic heterocycles. The number of amides is 1. The maximum atomic E-state index is 13.6. The molecule has 2 rings (SSSR count). The fourth-order valence-electron chi connectivity index (χ4n) is 1.88. The van der Waals surface area contributed by atoms with Gasteiger partial charge in [0.05, 0.1) is 12.0 Å². The summed E-state index contributed by atoms with van der Waals surface area (Å²) in [6.45, 7) is 3.56. The molecule has 0 aliphatic rings. The van der Waals surface area contributed by atoms with Gasteiger partial charge in [0, 0.05) is 17.7 Å². The number of carbonyl (C=O) groups excluding carboxylic acids is 1.